The number of methoxy groups -OCH3 is 1. The summed E-state index contributed by atoms with van der Waals surface area (Å²) in [5, 5.41) is 3.55. The molecule has 1 aliphatic heterocycles. The van der Waals surface area contributed by atoms with Crippen LogP contribution >= 0.6 is 0 Å². The van der Waals surface area contributed by atoms with Gasteiger partial charge in [-0.1, -0.05) is 13.8 Å². The zero-order valence-electron chi connectivity index (χ0n) is 11.5. The van der Waals surface area contributed by atoms with Gasteiger partial charge in [0.15, 0.2) is 0 Å². The van der Waals surface area contributed by atoms with Crippen LogP contribution in [0.4, 0.5) is 0 Å². The number of hydrogen-bond donors (Lipinski definition) is 1. The maximum Gasteiger partial charge on any atom is 0.0675 e. The van der Waals surface area contributed by atoms with Crippen LogP contribution in [0.1, 0.15) is 33.1 Å². The van der Waals surface area contributed by atoms with Crippen molar-refractivity contribution in [3.05, 3.63) is 0 Å². The van der Waals surface area contributed by atoms with Crippen molar-refractivity contribution in [3.8, 4) is 0 Å². The predicted molar refractivity (Wildman–Crippen MR) is 69.1 cm³/mol. The zero-order valence-corrected chi connectivity index (χ0v) is 11.5. The molecule has 3 nitrogen and oxygen atoms in total. The number of rotatable bonds is 7. The molecule has 1 saturated carbocycles. The molecular formula is C14H27NO2. The first-order valence-electron chi connectivity index (χ1n) is 7.06. The Bertz CT molecular complexity index is 242. The lowest BCUT2D eigenvalue weighted by atomic mass is 9.69. The molecule has 0 spiro atoms. The molecule has 2 rings (SSSR count). The number of hydrogen-bond acceptors (Lipinski definition) is 3. The van der Waals surface area contributed by atoms with Crippen LogP contribution in [0.2, 0.25) is 0 Å². The Morgan fingerprint density at radius 1 is 1.47 bits per heavy atom. The van der Waals surface area contributed by atoms with Gasteiger partial charge in [0.2, 0.25) is 0 Å². The molecule has 2 fully saturated rings. The minimum Gasteiger partial charge on any atom is -0.384 e. The van der Waals surface area contributed by atoms with Crippen molar-refractivity contribution in [2.24, 2.45) is 17.3 Å². The summed E-state index contributed by atoms with van der Waals surface area (Å²) in [7, 11) is 1.80. The highest BCUT2D eigenvalue weighted by Gasteiger charge is 2.53. The first-order valence-corrected chi connectivity index (χ1v) is 7.06. The molecule has 0 bridgehead atoms. The van der Waals surface area contributed by atoms with E-state index in [0.29, 0.717) is 17.4 Å². The van der Waals surface area contributed by atoms with Crippen molar-refractivity contribution in [3.63, 3.8) is 0 Å². The number of ether oxygens (including phenoxy) is 2. The molecule has 0 amide bonds. The smallest absolute Gasteiger partial charge is 0.0675 e. The van der Waals surface area contributed by atoms with E-state index in [9.17, 15) is 0 Å². The summed E-state index contributed by atoms with van der Waals surface area (Å²) in [6.45, 7) is 8.40. The monoisotopic (exact) mass is 241 g/mol. The summed E-state index contributed by atoms with van der Waals surface area (Å²) < 4.78 is 11.4. The second-order valence-corrected chi connectivity index (χ2v) is 5.75. The van der Waals surface area contributed by atoms with Gasteiger partial charge < -0.3 is 14.8 Å². The van der Waals surface area contributed by atoms with Gasteiger partial charge in [-0.05, 0) is 37.6 Å². The van der Waals surface area contributed by atoms with Gasteiger partial charge in [-0.15, -0.1) is 0 Å². The van der Waals surface area contributed by atoms with Crippen LogP contribution in [0.15, 0.2) is 0 Å². The predicted octanol–water partition coefficient (Wildman–Crippen LogP) is 2.06. The van der Waals surface area contributed by atoms with Crippen LogP contribution in [-0.2, 0) is 9.47 Å². The van der Waals surface area contributed by atoms with E-state index in [0.717, 1.165) is 32.2 Å². The third-order valence-electron chi connectivity index (χ3n) is 4.58. The van der Waals surface area contributed by atoms with Gasteiger partial charge in [0.25, 0.3) is 0 Å². The van der Waals surface area contributed by atoms with E-state index in [-0.39, 0.29) is 0 Å². The van der Waals surface area contributed by atoms with Gasteiger partial charge in [-0.2, -0.15) is 0 Å². The van der Waals surface area contributed by atoms with Crippen molar-refractivity contribution in [2.75, 3.05) is 33.4 Å². The van der Waals surface area contributed by atoms with E-state index < -0.39 is 0 Å². The summed E-state index contributed by atoms with van der Waals surface area (Å²) in [6, 6.07) is 0. The van der Waals surface area contributed by atoms with Crippen LogP contribution in [0.5, 0.6) is 0 Å². The Balaban J connectivity index is 2.09. The first kappa shape index (κ1) is 13.3. The maximum absolute atomic E-state index is 6.06. The van der Waals surface area contributed by atoms with Crippen molar-refractivity contribution in [1.29, 1.82) is 0 Å². The summed E-state index contributed by atoms with van der Waals surface area (Å²) in [5.41, 5.74) is 0.299. The highest BCUT2D eigenvalue weighted by atomic mass is 16.5. The molecular weight excluding hydrogens is 214 g/mol. The molecule has 100 valence electrons. The highest BCUT2D eigenvalue weighted by Crippen LogP contribution is 2.51. The molecule has 0 aromatic carbocycles. The Morgan fingerprint density at radius 2 is 2.24 bits per heavy atom. The molecule has 1 N–H and O–H groups in total. The van der Waals surface area contributed by atoms with Crippen molar-refractivity contribution in [2.45, 2.75) is 39.2 Å². The number of nitrogens with one attached hydrogen (secondary N) is 1. The van der Waals surface area contributed by atoms with Gasteiger partial charge >= 0.3 is 0 Å². The fraction of sp³-hybridized carbons (Fsp3) is 1.00. The normalized spacial score (nSPS) is 35.1. The van der Waals surface area contributed by atoms with Gasteiger partial charge in [0, 0.05) is 32.3 Å². The zero-order chi connectivity index (χ0) is 12.3. The third kappa shape index (κ3) is 2.67. The van der Waals surface area contributed by atoms with Crippen LogP contribution in [0, 0.1) is 17.3 Å². The minimum atomic E-state index is 0.299. The van der Waals surface area contributed by atoms with Gasteiger partial charge in [0.05, 0.1) is 6.10 Å². The molecule has 3 atom stereocenters. The lowest BCUT2D eigenvalue weighted by Gasteiger charge is -2.39. The summed E-state index contributed by atoms with van der Waals surface area (Å²) in [5.74, 6) is 1.38. The second kappa shape index (κ2) is 5.68. The Hall–Kier alpha value is -0.120. The van der Waals surface area contributed by atoms with Gasteiger partial charge in [-0.25, -0.2) is 0 Å². The van der Waals surface area contributed by atoms with E-state index in [1.54, 1.807) is 7.11 Å². The SMILES string of the molecule is CCNCC1(C(C)COC)CCOC1C1CC1. The highest BCUT2D eigenvalue weighted by molar-refractivity contribution is 5.02. The second-order valence-electron chi connectivity index (χ2n) is 5.75. The summed E-state index contributed by atoms with van der Waals surface area (Å²) in [6.07, 6.45) is 4.37. The molecule has 1 saturated heterocycles. The average Bonchev–Trinajstić information content (AvgIpc) is 3.07. The topological polar surface area (TPSA) is 30.5 Å². The van der Waals surface area contributed by atoms with Gasteiger partial charge in [-0.3, -0.25) is 0 Å². The molecule has 3 unspecified atom stereocenters. The largest absolute Gasteiger partial charge is 0.384 e. The quantitative estimate of drug-likeness (QED) is 0.740. The maximum atomic E-state index is 6.06. The Morgan fingerprint density at radius 3 is 2.82 bits per heavy atom. The summed E-state index contributed by atoms with van der Waals surface area (Å²) >= 11 is 0. The van der Waals surface area contributed by atoms with E-state index in [2.05, 4.69) is 19.2 Å². The fourth-order valence-electron chi connectivity index (χ4n) is 3.35. The van der Waals surface area contributed by atoms with Crippen molar-refractivity contribution < 1.29 is 9.47 Å². The molecule has 1 heterocycles. The lowest BCUT2D eigenvalue weighted by Crippen LogP contribution is -2.47. The fourth-order valence-corrected chi connectivity index (χ4v) is 3.35. The molecule has 3 heteroatoms. The van der Waals surface area contributed by atoms with Gasteiger partial charge in [0.1, 0.15) is 0 Å². The first-order chi connectivity index (χ1) is 8.24. The minimum absolute atomic E-state index is 0.299. The van der Waals surface area contributed by atoms with E-state index in [1.165, 1.54) is 19.3 Å². The third-order valence-corrected chi connectivity index (χ3v) is 4.58. The molecule has 0 aromatic rings. The standard InChI is InChI=1S/C14H27NO2/c1-4-15-10-14(11(2)9-16-3)7-8-17-13(14)12-5-6-12/h11-13,15H,4-10H2,1-3H3. The lowest BCUT2D eigenvalue weighted by molar-refractivity contribution is -0.0177. The van der Waals surface area contributed by atoms with E-state index >= 15 is 0 Å². The van der Waals surface area contributed by atoms with E-state index in [1.807, 2.05) is 0 Å². The molecule has 2 aliphatic rings. The van der Waals surface area contributed by atoms with E-state index in [4.69, 9.17) is 9.47 Å². The Kier molecular flexibility index (Phi) is 4.45. The molecule has 0 aromatic heterocycles. The van der Waals surface area contributed by atoms with Crippen LogP contribution in [-0.4, -0.2) is 39.5 Å². The molecule has 1 aliphatic carbocycles. The Labute approximate surface area is 105 Å². The summed E-state index contributed by atoms with van der Waals surface area (Å²) in [4.78, 5) is 0. The van der Waals surface area contributed by atoms with Crippen LogP contribution in [0.25, 0.3) is 0 Å². The van der Waals surface area contributed by atoms with Crippen LogP contribution in [0.3, 0.4) is 0 Å². The van der Waals surface area contributed by atoms with Crippen LogP contribution < -0.4 is 5.32 Å². The van der Waals surface area contributed by atoms with Crippen molar-refractivity contribution >= 4 is 0 Å². The van der Waals surface area contributed by atoms with Crippen molar-refractivity contribution in [1.82, 2.24) is 5.32 Å². The average molecular weight is 241 g/mol. The molecule has 17 heavy (non-hydrogen) atoms. The molecule has 0 radical (unpaired) electrons.